The molecule has 3 rings (SSSR count). The Hall–Kier alpha value is -2.47. The van der Waals surface area contributed by atoms with E-state index < -0.39 is 35.2 Å². The van der Waals surface area contributed by atoms with E-state index in [1.807, 2.05) is 11.4 Å². The standard InChI is InChI=1S/C21H24F5N3O3S/c22-20(23,21(24,25)26)13-28-17-16(18(30)19(17)31)27-6-2-5-9-32-14-10-15(33-12-14)11-29-7-3-1-4-8-29/h2,5,10,12,27-28H,1,3-4,6-9,11,13H2/b5-2-. The van der Waals surface area contributed by atoms with E-state index in [1.165, 1.54) is 24.1 Å². The van der Waals surface area contributed by atoms with E-state index in [4.69, 9.17) is 4.74 Å². The quantitative estimate of drug-likeness (QED) is 0.280. The minimum atomic E-state index is -5.76. The first-order valence-electron chi connectivity index (χ1n) is 10.4. The molecule has 1 aromatic carbocycles. The maximum atomic E-state index is 13.0. The number of hydrogen-bond acceptors (Lipinski definition) is 7. The number of thiophene rings is 1. The number of piperidine rings is 1. The Kier molecular flexibility index (Phi) is 8.11. The fourth-order valence-electron chi connectivity index (χ4n) is 3.34. The molecule has 0 saturated carbocycles. The normalized spacial score (nSPS) is 15.9. The van der Waals surface area contributed by atoms with Crippen molar-refractivity contribution in [3.63, 3.8) is 0 Å². The van der Waals surface area contributed by atoms with Gasteiger partial charge in [0.05, 0.1) is 6.54 Å². The summed E-state index contributed by atoms with van der Waals surface area (Å²) in [6, 6.07) is 1.99. The summed E-state index contributed by atoms with van der Waals surface area (Å²) >= 11 is 1.63. The highest BCUT2D eigenvalue weighted by atomic mass is 32.1. The van der Waals surface area contributed by atoms with Gasteiger partial charge in [-0.25, -0.2) is 0 Å². The minimum Gasteiger partial charge on any atom is -0.489 e. The average molecular weight is 493 g/mol. The number of rotatable bonds is 11. The van der Waals surface area contributed by atoms with Crippen LogP contribution in [0.4, 0.5) is 33.3 Å². The number of likely N-dealkylation sites (tertiary alicyclic amines) is 1. The van der Waals surface area contributed by atoms with Crippen molar-refractivity contribution in [2.45, 2.75) is 37.9 Å². The summed E-state index contributed by atoms with van der Waals surface area (Å²) in [5, 5.41) is 6.19. The molecule has 0 atom stereocenters. The highest BCUT2D eigenvalue weighted by Crippen LogP contribution is 2.35. The van der Waals surface area contributed by atoms with Gasteiger partial charge in [0.15, 0.2) is 0 Å². The monoisotopic (exact) mass is 493 g/mol. The van der Waals surface area contributed by atoms with Crippen molar-refractivity contribution in [3.05, 3.63) is 48.9 Å². The summed E-state index contributed by atoms with van der Waals surface area (Å²) in [5.41, 5.74) is -3.01. The SMILES string of the molecule is O=c1c(NC/C=C\COc2csc(CN3CCCCC3)c2)c(NCC(F)(F)C(F)(F)F)c1=O. The summed E-state index contributed by atoms with van der Waals surface area (Å²) in [5.74, 6) is -4.29. The van der Waals surface area contributed by atoms with Crippen molar-refractivity contribution >= 4 is 22.7 Å². The molecule has 1 aromatic heterocycles. The fourth-order valence-corrected chi connectivity index (χ4v) is 4.19. The van der Waals surface area contributed by atoms with E-state index >= 15 is 0 Å². The van der Waals surface area contributed by atoms with E-state index in [1.54, 1.807) is 28.8 Å². The van der Waals surface area contributed by atoms with Gasteiger partial charge in [0.25, 0.3) is 10.9 Å². The maximum absolute atomic E-state index is 13.0. The number of ether oxygens (including phenoxy) is 1. The Morgan fingerprint density at radius 3 is 2.33 bits per heavy atom. The van der Waals surface area contributed by atoms with Crippen LogP contribution >= 0.6 is 11.3 Å². The average Bonchev–Trinajstić information content (AvgIpc) is 3.21. The Bertz CT molecular complexity index is 1020. The van der Waals surface area contributed by atoms with Crippen molar-refractivity contribution in [2.75, 3.05) is 43.4 Å². The first kappa shape index (κ1) is 25.2. The van der Waals surface area contributed by atoms with Crippen molar-refractivity contribution in [3.8, 4) is 5.75 Å². The lowest BCUT2D eigenvalue weighted by molar-refractivity contribution is -0.275. The van der Waals surface area contributed by atoms with Crippen LogP contribution in [0.25, 0.3) is 0 Å². The van der Waals surface area contributed by atoms with Gasteiger partial charge in [-0.05, 0) is 38.1 Å². The van der Waals surface area contributed by atoms with Gasteiger partial charge in [-0.1, -0.05) is 12.5 Å². The molecule has 2 heterocycles. The first-order chi connectivity index (χ1) is 15.6. The van der Waals surface area contributed by atoms with Crippen LogP contribution in [0, 0.1) is 0 Å². The number of halogens is 5. The second kappa shape index (κ2) is 10.6. The molecule has 0 spiro atoms. The number of nitrogens with one attached hydrogen (secondary N) is 2. The molecule has 1 fully saturated rings. The van der Waals surface area contributed by atoms with Gasteiger partial charge in [0.1, 0.15) is 23.7 Å². The lowest BCUT2D eigenvalue weighted by Crippen LogP contribution is -2.45. The molecule has 0 aliphatic carbocycles. The molecule has 2 aromatic rings. The molecule has 0 unspecified atom stereocenters. The molecule has 33 heavy (non-hydrogen) atoms. The van der Waals surface area contributed by atoms with Crippen molar-refractivity contribution in [1.29, 1.82) is 0 Å². The van der Waals surface area contributed by atoms with E-state index in [0.717, 1.165) is 25.4 Å². The molecule has 6 nitrogen and oxygen atoms in total. The molecule has 182 valence electrons. The van der Waals surface area contributed by atoms with Crippen LogP contribution in [-0.2, 0) is 6.54 Å². The highest BCUT2D eigenvalue weighted by molar-refractivity contribution is 7.10. The highest BCUT2D eigenvalue weighted by Gasteiger charge is 2.57. The van der Waals surface area contributed by atoms with Crippen molar-refractivity contribution < 1.29 is 26.7 Å². The Balaban J connectivity index is 1.40. The summed E-state index contributed by atoms with van der Waals surface area (Å²) in [6.45, 7) is 1.59. The van der Waals surface area contributed by atoms with Crippen LogP contribution in [0.5, 0.6) is 5.75 Å². The first-order valence-corrected chi connectivity index (χ1v) is 11.3. The number of nitrogens with zero attached hydrogens (tertiary/aromatic N) is 1. The molecule has 2 N–H and O–H groups in total. The molecular formula is C21H24F5N3O3S. The molecule has 0 bridgehead atoms. The zero-order valence-corrected chi connectivity index (χ0v) is 18.5. The van der Waals surface area contributed by atoms with Gasteiger partial charge in [0.2, 0.25) is 0 Å². The lowest BCUT2D eigenvalue weighted by atomic mass is 10.1. The Morgan fingerprint density at radius 1 is 1.00 bits per heavy atom. The molecule has 1 saturated heterocycles. The third kappa shape index (κ3) is 6.53. The van der Waals surface area contributed by atoms with Gasteiger partial charge in [-0.3, -0.25) is 14.5 Å². The largest absolute Gasteiger partial charge is 0.489 e. The second-order valence-electron chi connectivity index (χ2n) is 7.71. The van der Waals surface area contributed by atoms with Crippen molar-refractivity contribution in [1.82, 2.24) is 4.90 Å². The van der Waals surface area contributed by atoms with E-state index in [2.05, 4.69) is 10.2 Å². The van der Waals surface area contributed by atoms with Crippen LogP contribution in [0.15, 0.2) is 33.2 Å². The molecule has 0 radical (unpaired) electrons. The van der Waals surface area contributed by atoms with Gasteiger partial charge >= 0.3 is 12.1 Å². The van der Waals surface area contributed by atoms with Crippen LogP contribution < -0.4 is 26.2 Å². The molecular weight excluding hydrogens is 469 g/mol. The van der Waals surface area contributed by atoms with Gasteiger partial charge in [-0.15, -0.1) is 11.3 Å². The predicted molar refractivity (Wildman–Crippen MR) is 117 cm³/mol. The molecule has 1 aliphatic heterocycles. The Labute approximate surface area is 190 Å². The number of anilines is 2. The van der Waals surface area contributed by atoms with E-state index in [0.29, 0.717) is 0 Å². The zero-order chi connectivity index (χ0) is 24.1. The van der Waals surface area contributed by atoms with Crippen LogP contribution in [0.1, 0.15) is 24.1 Å². The smallest absolute Gasteiger partial charge is 0.455 e. The topological polar surface area (TPSA) is 70.7 Å². The van der Waals surface area contributed by atoms with Gasteiger partial charge in [0, 0.05) is 23.3 Å². The maximum Gasteiger partial charge on any atom is 0.455 e. The van der Waals surface area contributed by atoms with E-state index in [9.17, 15) is 31.5 Å². The Morgan fingerprint density at radius 2 is 1.67 bits per heavy atom. The predicted octanol–water partition coefficient (Wildman–Crippen LogP) is 3.99. The summed E-state index contributed by atoms with van der Waals surface area (Å²) in [4.78, 5) is 26.7. The third-order valence-corrected chi connectivity index (χ3v) is 6.08. The van der Waals surface area contributed by atoms with Crippen LogP contribution in [-0.4, -0.2) is 49.8 Å². The summed E-state index contributed by atoms with van der Waals surface area (Å²) < 4.78 is 68.3. The number of hydrogen-bond donors (Lipinski definition) is 2. The third-order valence-electron chi connectivity index (χ3n) is 5.18. The molecule has 0 amide bonds. The fraction of sp³-hybridized carbons (Fsp3) is 0.524. The summed E-state index contributed by atoms with van der Waals surface area (Å²) in [6.07, 6.45) is 1.22. The lowest BCUT2D eigenvalue weighted by Gasteiger charge is -2.25. The van der Waals surface area contributed by atoms with Gasteiger partial charge in [-0.2, -0.15) is 22.0 Å². The molecule has 12 heteroatoms. The second-order valence-corrected chi connectivity index (χ2v) is 8.71. The van der Waals surface area contributed by atoms with Crippen LogP contribution in [0.2, 0.25) is 0 Å². The van der Waals surface area contributed by atoms with Crippen LogP contribution in [0.3, 0.4) is 0 Å². The molecule has 1 aliphatic rings. The van der Waals surface area contributed by atoms with E-state index in [-0.39, 0.29) is 18.8 Å². The number of alkyl halides is 5. The van der Waals surface area contributed by atoms with Gasteiger partial charge < -0.3 is 15.4 Å². The summed E-state index contributed by atoms with van der Waals surface area (Å²) in [7, 11) is 0. The minimum absolute atomic E-state index is 0.0579. The van der Waals surface area contributed by atoms with Crippen molar-refractivity contribution in [2.24, 2.45) is 0 Å². The zero-order valence-electron chi connectivity index (χ0n) is 17.6.